The second-order valence-corrected chi connectivity index (χ2v) is 7.66. The van der Waals surface area contributed by atoms with E-state index in [0.29, 0.717) is 12.3 Å². The van der Waals surface area contributed by atoms with Crippen molar-refractivity contribution >= 4 is 5.91 Å². The molecule has 1 fully saturated rings. The van der Waals surface area contributed by atoms with E-state index in [0.717, 1.165) is 55.3 Å². The van der Waals surface area contributed by atoms with Gasteiger partial charge in [-0.2, -0.15) is 0 Å². The van der Waals surface area contributed by atoms with Gasteiger partial charge in [0.2, 0.25) is 11.8 Å². The normalized spacial score (nSPS) is 14.9. The largest absolute Gasteiger partial charge is 0.441 e. The Labute approximate surface area is 172 Å². The lowest BCUT2D eigenvalue weighted by Crippen LogP contribution is -2.48. The Morgan fingerprint density at radius 3 is 2.38 bits per heavy atom. The molecule has 3 aromatic rings. The fourth-order valence-electron chi connectivity index (χ4n) is 3.77. The third-order valence-electron chi connectivity index (χ3n) is 5.56. The number of nitrogens with zero attached hydrogens (tertiary/aromatic N) is 3. The lowest BCUT2D eigenvalue weighted by Gasteiger charge is -2.34. The van der Waals surface area contributed by atoms with Crippen molar-refractivity contribution in [1.29, 1.82) is 0 Å². The van der Waals surface area contributed by atoms with Crippen molar-refractivity contribution in [3.8, 4) is 11.5 Å². The van der Waals surface area contributed by atoms with Crippen LogP contribution >= 0.6 is 0 Å². The molecule has 29 heavy (non-hydrogen) atoms. The predicted molar refractivity (Wildman–Crippen MR) is 113 cm³/mol. The van der Waals surface area contributed by atoms with Gasteiger partial charge < -0.3 is 9.32 Å². The number of piperazine rings is 1. The highest BCUT2D eigenvalue weighted by molar-refractivity contribution is 5.79. The molecule has 0 radical (unpaired) electrons. The predicted octanol–water partition coefficient (Wildman–Crippen LogP) is 3.85. The van der Waals surface area contributed by atoms with Crippen LogP contribution < -0.4 is 0 Å². The van der Waals surface area contributed by atoms with Crippen molar-refractivity contribution in [2.45, 2.75) is 26.8 Å². The van der Waals surface area contributed by atoms with E-state index < -0.39 is 0 Å². The van der Waals surface area contributed by atoms with Crippen LogP contribution in [0.4, 0.5) is 0 Å². The van der Waals surface area contributed by atoms with Crippen LogP contribution in [0.3, 0.4) is 0 Å². The van der Waals surface area contributed by atoms with E-state index >= 15 is 0 Å². The van der Waals surface area contributed by atoms with Gasteiger partial charge in [-0.05, 0) is 31.0 Å². The van der Waals surface area contributed by atoms with Crippen LogP contribution in [-0.4, -0.2) is 46.9 Å². The molecule has 1 saturated heterocycles. The molecular formula is C24H27N3O2. The molecule has 0 atom stereocenters. The molecule has 0 saturated carbocycles. The van der Waals surface area contributed by atoms with E-state index in [1.165, 1.54) is 5.56 Å². The summed E-state index contributed by atoms with van der Waals surface area (Å²) in [6.07, 6.45) is 0.292. The van der Waals surface area contributed by atoms with Crippen molar-refractivity contribution in [2.24, 2.45) is 0 Å². The summed E-state index contributed by atoms with van der Waals surface area (Å²) in [6.45, 7) is 8.16. The smallest absolute Gasteiger partial charge is 0.228 e. The molecule has 0 aliphatic carbocycles. The number of amides is 1. The second-order valence-electron chi connectivity index (χ2n) is 7.66. The molecule has 0 spiro atoms. The number of hydrogen-bond acceptors (Lipinski definition) is 4. The van der Waals surface area contributed by atoms with Crippen molar-refractivity contribution in [2.75, 3.05) is 26.2 Å². The fraction of sp³-hybridized carbons (Fsp3) is 0.333. The number of aryl methyl sites for hydroxylation is 2. The Morgan fingerprint density at radius 1 is 0.966 bits per heavy atom. The average Bonchev–Trinajstić information content (AvgIpc) is 3.09. The monoisotopic (exact) mass is 389 g/mol. The maximum Gasteiger partial charge on any atom is 0.228 e. The number of oxazole rings is 1. The minimum absolute atomic E-state index is 0.122. The van der Waals surface area contributed by atoms with Crippen molar-refractivity contribution in [3.05, 3.63) is 77.2 Å². The first-order chi connectivity index (χ1) is 14.1. The molecule has 1 aliphatic rings. The molecule has 5 heteroatoms. The molecule has 0 N–H and O–H groups in total. The van der Waals surface area contributed by atoms with Crippen molar-refractivity contribution < 1.29 is 9.21 Å². The van der Waals surface area contributed by atoms with Crippen molar-refractivity contribution in [3.63, 3.8) is 0 Å². The Balaban J connectivity index is 1.35. The summed E-state index contributed by atoms with van der Waals surface area (Å²) in [5, 5.41) is 0. The van der Waals surface area contributed by atoms with Crippen LogP contribution in [0.1, 0.15) is 22.6 Å². The summed E-state index contributed by atoms with van der Waals surface area (Å²) in [7, 11) is 0. The quantitative estimate of drug-likeness (QED) is 0.665. The Kier molecular flexibility index (Phi) is 5.76. The van der Waals surface area contributed by atoms with Crippen LogP contribution in [-0.2, 0) is 17.8 Å². The molecule has 2 aromatic carbocycles. The standard InChI is InChI=1S/C24H27N3O2/c1-18-8-6-7-11-21(18)24-25-22(19(2)29-24)16-23(28)27-14-12-26(13-15-27)17-20-9-4-3-5-10-20/h3-11H,12-17H2,1-2H3. The molecule has 1 aliphatic heterocycles. The molecule has 2 heterocycles. The zero-order valence-electron chi connectivity index (χ0n) is 17.1. The Bertz CT molecular complexity index is 973. The van der Waals surface area contributed by atoms with Gasteiger partial charge in [0.05, 0.1) is 12.1 Å². The van der Waals surface area contributed by atoms with E-state index in [-0.39, 0.29) is 5.91 Å². The van der Waals surface area contributed by atoms with Gasteiger partial charge in [-0.3, -0.25) is 9.69 Å². The third kappa shape index (κ3) is 4.57. The third-order valence-corrected chi connectivity index (χ3v) is 5.56. The first kappa shape index (κ1) is 19.4. The average molecular weight is 389 g/mol. The summed E-state index contributed by atoms with van der Waals surface area (Å²) in [6, 6.07) is 18.5. The number of hydrogen-bond donors (Lipinski definition) is 0. The lowest BCUT2D eigenvalue weighted by atomic mass is 10.1. The maximum absolute atomic E-state index is 12.8. The summed E-state index contributed by atoms with van der Waals surface area (Å²) in [5.41, 5.74) is 4.14. The van der Waals surface area contributed by atoms with Gasteiger partial charge in [-0.1, -0.05) is 48.5 Å². The van der Waals surface area contributed by atoms with E-state index in [1.807, 2.05) is 49.1 Å². The van der Waals surface area contributed by atoms with E-state index in [4.69, 9.17) is 4.42 Å². The van der Waals surface area contributed by atoms with Crippen LogP contribution in [0.15, 0.2) is 59.0 Å². The summed E-state index contributed by atoms with van der Waals surface area (Å²) >= 11 is 0. The molecule has 150 valence electrons. The second kappa shape index (κ2) is 8.62. The molecular weight excluding hydrogens is 362 g/mol. The number of rotatable bonds is 5. The molecule has 0 unspecified atom stereocenters. The number of aromatic nitrogens is 1. The highest BCUT2D eigenvalue weighted by atomic mass is 16.4. The highest BCUT2D eigenvalue weighted by Gasteiger charge is 2.23. The fourth-order valence-corrected chi connectivity index (χ4v) is 3.77. The Hall–Kier alpha value is -2.92. The summed E-state index contributed by atoms with van der Waals surface area (Å²) < 4.78 is 5.86. The molecule has 1 aromatic heterocycles. The minimum atomic E-state index is 0.122. The molecule has 0 bridgehead atoms. The van der Waals surface area contributed by atoms with E-state index in [1.54, 1.807) is 0 Å². The van der Waals surface area contributed by atoms with Gasteiger partial charge in [0, 0.05) is 38.3 Å². The first-order valence-corrected chi connectivity index (χ1v) is 10.2. The number of benzene rings is 2. The zero-order chi connectivity index (χ0) is 20.2. The first-order valence-electron chi connectivity index (χ1n) is 10.2. The number of carbonyl (C=O) groups is 1. The summed E-state index contributed by atoms with van der Waals surface area (Å²) in [4.78, 5) is 21.8. The van der Waals surface area contributed by atoms with E-state index in [2.05, 4.69) is 34.1 Å². The minimum Gasteiger partial charge on any atom is -0.441 e. The van der Waals surface area contributed by atoms with Crippen LogP contribution in [0.25, 0.3) is 11.5 Å². The Morgan fingerprint density at radius 2 is 1.66 bits per heavy atom. The van der Waals surface area contributed by atoms with Crippen LogP contribution in [0.2, 0.25) is 0 Å². The molecule has 1 amide bonds. The van der Waals surface area contributed by atoms with Gasteiger partial charge in [-0.15, -0.1) is 0 Å². The topological polar surface area (TPSA) is 49.6 Å². The summed E-state index contributed by atoms with van der Waals surface area (Å²) in [5.74, 6) is 1.44. The SMILES string of the molecule is Cc1ccccc1-c1nc(CC(=O)N2CCN(Cc3ccccc3)CC2)c(C)o1. The van der Waals surface area contributed by atoms with Gasteiger partial charge >= 0.3 is 0 Å². The zero-order valence-corrected chi connectivity index (χ0v) is 17.1. The van der Waals surface area contributed by atoms with Crippen molar-refractivity contribution in [1.82, 2.24) is 14.8 Å². The molecule has 5 nitrogen and oxygen atoms in total. The van der Waals surface area contributed by atoms with Crippen LogP contribution in [0.5, 0.6) is 0 Å². The van der Waals surface area contributed by atoms with E-state index in [9.17, 15) is 4.79 Å². The van der Waals surface area contributed by atoms with Crippen LogP contribution in [0, 0.1) is 13.8 Å². The number of carbonyl (C=O) groups excluding carboxylic acids is 1. The van der Waals surface area contributed by atoms with Gasteiger partial charge in [-0.25, -0.2) is 4.98 Å². The lowest BCUT2D eigenvalue weighted by molar-refractivity contribution is -0.132. The van der Waals surface area contributed by atoms with Gasteiger partial charge in [0.15, 0.2) is 0 Å². The van der Waals surface area contributed by atoms with Gasteiger partial charge in [0.1, 0.15) is 5.76 Å². The van der Waals surface area contributed by atoms with Gasteiger partial charge in [0.25, 0.3) is 0 Å². The highest BCUT2D eigenvalue weighted by Crippen LogP contribution is 2.25. The molecule has 4 rings (SSSR count). The maximum atomic E-state index is 12.8.